The number of nitrogens with zero attached hydrogens (tertiary/aromatic N) is 2. The van der Waals surface area contributed by atoms with Crippen LogP contribution < -0.4 is 0 Å². The number of carbonyl (C=O) groups is 1. The molecule has 6 heteroatoms. The Morgan fingerprint density at radius 3 is 2.30 bits per heavy atom. The highest BCUT2D eigenvalue weighted by Crippen LogP contribution is 2.37. The van der Waals surface area contributed by atoms with Crippen molar-refractivity contribution in [1.29, 1.82) is 0 Å². The summed E-state index contributed by atoms with van der Waals surface area (Å²) in [6, 6.07) is 6.69. The monoisotopic (exact) mass is 422 g/mol. The van der Waals surface area contributed by atoms with Crippen molar-refractivity contribution in [2.24, 2.45) is 0 Å². The zero-order valence-electron chi connectivity index (χ0n) is 19.4. The fraction of sp³-hybridized carbons (Fsp3) is 0.708. The Labute approximate surface area is 181 Å². The van der Waals surface area contributed by atoms with E-state index in [-0.39, 0.29) is 11.9 Å². The Balaban J connectivity index is 0.00000155. The van der Waals surface area contributed by atoms with E-state index < -0.39 is 11.2 Å². The molecule has 0 saturated carbocycles. The molecule has 1 aromatic carbocycles. The van der Waals surface area contributed by atoms with Crippen LogP contribution in [0.1, 0.15) is 65.9 Å². The Bertz CT molecular complexity index is 661. The third-order valence-corrected chi connectivity index (χ3v) is 5.56. The quantitative estimate of drug-likeness (QED) is 0.655. The van der Waals surface area contributed by atoms with Crippen LogP contribution in [0.25, 0.3) is 0 Å². The lowest BCUT2D eigenvalue weighted by atomic mass is 9.84. The molecule has 2 aliphatic heterocycles. The van der Waals surface area contributed by atoms with Gasteiger partial charge in [0.1, 0.15) is 11.4 Å². The normalized spacial score (nSPS) is 19.2. The molecule has 0 bridgehead atoms. The highest BCUT2D eigenvalue weighted by molar-refractivity contribution is 5.68. The molecule has 2 heterocycles. The van der Waals surface area contributed by atoms with E-state index in [1.54, 1.807) is 17.0 Å². The Kier molecular flexibility index (Phi) is 9.10. The van der Waals surface area contributed by atoms with E-state index in [9.17, 15) is 9.18 Å². The molecule has 0 aliphatic carbocycles. The van der Waals surface area contributed by atoms with Gasteiger partial charge in [0.15, 0.2) is 0 Å². The van der Waals surface area contributed by atoms with Gasteiger partial charge in [0.05, 0.1) is 12.2 Å². The molecule has 170 valence electrons. The first-order chi connectivity index (χ1) is 14.3. The molecule has 2 fully saturated rings. The van der Waals surface area contributed by atoms with Crippen LogP contribution >= 0.6 is 0 Å². The molecular formula is C24H39FN2O3. The first-order valence-corrected chi connectivity index (χ1v) is 11.4. The van der Waals surface area contributed by atoms with Crippen molar-refractivity contribution < 1.29 is 18.7 Å². The van der Waals surface area contributed by atoms with E-state index in [2.05, 4.69) is 4.90 Å². The zero-order chi connectivity index (χ0) is 22.2. The Hall–Kier alpha value is -1.66. The molecule has 0 N–H and O–H groups in total. The molecule has 0 atom stereocenters. The zero-order valence-corrected chi connectivity index (χ0v) is 19.4. The first-order valence-electron chi connectivity index (χ1n) is 11.4. The maximum atomic E-state index is 13.9. The number of rotatable bonds is 5. The van der Waals surface area contributed by atoms with E-state index >= 15 is 0 Å². The molecule has 2 aliphatic rings. The highest BCUT2D eigenvalue weighted by atomic mass is 19.1. The predicted molar refractivity (Wildman–Crippen MR) is 118 cm³/mol. The van der Waals surface area contributed by atoms with Gasteiger partial charge in [-0.05, 0) is 77.2 Å². The third kappa shape index (κ3) is 6.95. The Morgan fingerprint density at radius 1 is 1.10 bits per heavy atom. The van der Waals surface area contributed by atoms with Gasteiger partial charge in [-0.25, -0.2) is 9.18 Å². The maximum Gasteiger partial charge on any atom is 0.410 e. The molecule has 2 saturated heterocycles. The predicted octanol–water partition coefficient (Wildman–Crippen LogP) is 5.19. The topological polar surface area (TPSA) is 42.0 Å². The van der Waals surface area contributed by atoms with Crippen molar-refractivity contribution in [1.82, 2.24) is 9.80 Å². The van der Waals surface area contributed by atoms with E-state index in [0.29, 0.717) is 32.5 Å². The van der Waals surface area contributed by atoms with Gasteiger partial charge < -0.3 is 19.3 Å². The van der Waals surface area contributed by atoms with Crippen LogP contribution in [0.5, 0.6) is 0 Å². The second-order valence-electron chi connectivity index (χ2n) is 8.87. The number of carbonyl (C=O) groups excluding carboxylic acids is 1. The molecule has 30 heavy (non-hydrogen) atoms. The Morgan fingerprint density at radius 2 is 1.73 bits per heavy atom. The average Bonchev–Trinajstić information content (AvgIpc) is 3.22. The molecule has 3 rings (SSSR count). The summed E-state index contributed by atoms with van der Waals surface area (Å²) in [5.74, 6) is -0.255. The van der Waals surface area contributed by atoms with Gasteiger partial charge in [0, 0.05) is 19.6 Å². The summed E-state index contributed by atoms with van der Waals surface area (Å²) in [7, 11) is 0. The van der Waals surface area contributed by atoms with Crippen LogP contribution in [0.15, 0.2) is 24.3 Å². The maximum absolute atomic E-state index is 13.9. The minimum Gasteiger partial charge on any atom is -0.444 e. The molecule has 1 aromatic rings. The summed E-state index contributed by atoms with van der Waals surface area (Å²) in [6.45, 7) is 14.4. The summed E-state index contributed by atoms with van der Waals surface area (Å²) >= 11 is 0. The number of amides is 1. The van der Waals surface area contributed by atoms with Gasteiger partial charge in [-0.3, -0.25) is 0 Å². The first kappa shape index (κ1) is 24.6. The molecular weight excluding hydrogens is 383 g/mol. The smallest absolute Gasteiger partial charge is 0.410 e. The summed E-state index contributed by atoms with van der Waals surface area (Å²) < 4.78 is 25.8. The van der Waals surface area contributed by atoms with Gasteiger partial charge in [-0.2, -0.15) is 0 Å². The van der Waals surface area contributed by atoms with Gasteiger partial charge in [-0.15, -0.1) is 0 Å². The van der Waals surface area contributed by atoms with E-state index in [4.69, 9.17) is 9.47 Å². The van der Waals surface area contributed by atoms with Crippen LogP contribution in [0.2, 0.25) is 0 Å². The lowest BCUT2D eigenvalue weighted by Crippen LogP contribution is -2.48. The molecule has 1 amide bonds. The number of hydrogen-bond acceptors (Lipinski definition) is 4. The molecule has 0 aromatic heterocycles. The number of likely N-dealkylation sites (tertiary alicyclic amines) is 2. The fourth-order valence-electron chi connectivity index (χ4n) is 4.04. The minimum atomic E-state index is -0.555. The number of ether oxygens (including phenoxy) is 2. The lowest BCUT2D eigenvalue weighted by Gasteiger charge is -2.42. The largest absolute Gasteiger partial charge is 0.444 e. The van der Waals surface area contributed by atoms with E-state index in [1.165, 1.54) is 18.9 Å². The van der Waals surface area contributed by atoms with E-state index in [1.807, 2.05) is 40.7 Å². The van der Waals surface area contributed by atoms with Crippen molar-refractivity contribution in [3.8, 4) is 0 Å². The summed E-state index contributed by atoms with van der Waals surface area (Å²) in [4.78, 5) is 16.5. The number of piperidine rings is 1. The summed E-state index contributed by atoms with van der Waals surface area (Å²) in [5.41, 5.74) is -0.210. The van der Waals surface area contributed by atoms with Gasteiger partial charge in [0.25, 0.3) is 0 Å². The van der Waals surface area contributed by atoms with Crippen LogP contribution in [0.3, 0.4) is 0 Å². The van der Waals surface area contributed by atoms with Crippen molar-refractivity contribution in [3.05, 3.63) is 35.6 Å². The number of hydrogen-bond donors (Lipinski definition) is 0. The van der Waals surface area contributed by atoms with Gasteiger partial charge in [-0.1, -0.05) is 26.0 Å². The summed E-state index contributed by atoms with van der Waals surface area (Å²) in [6.07, 6.45) is 3.47. The number of halogens is 1. The van der Waals surface area contributed by atoms with E-state index in [0.717, 1.165) is 25.2 Å². The van der Waals surface area contributed by atoms with Crippen LogP contribution in [-0.4, -0.2) is 60.8 Å². The van der Waals surface area contributed by atoms with Crippen molar-refractivity contribution in [2.75, 3.05) is 39.3 Å². The SMILES string of the molecule is CC.CC(C)(C)OC(=O)N1CCC(OCCN2CCCC2)(c2cccc(F)c2)CC1. The molecule has 0 radical (unpaired) electrons. The van der Waals surface area contributed by atoms with Crippen LogP contribution in [0, 0.1) is 5.82 Å². The number of benzene rings is 1. The van der Waals surface area contributed by atoms with Crippen molar-refractivity contribution in [3.63, 3.8) is 0 Å². The molecule has 0 spiro atoms. The fourth-order valence-corrected chi connectivity index (χ4v) is 4.04. The van der Waals surface area contributed by atoms with Crippen LogP contribution in [-0.2, 0) is 15.1 Å². The molecule has 5 nitrogen and oxygen atoms in total. The van der Waals surface area contributed by atoms with Gasteiger partial charge in [0.2, 0.25) is 0 Å². The van der Waals surface area contributed by atoms with Crippen molar-refractivity contribution in [2.45, 2.75) is 71.5 Å². The second kappa shape index (κ2) is 11.1. The lowest BCUT2D eigenvalue weighted by molar-refractivity contribution is -0.0937. The average molecular weight is 423 g/mol. The van der Waals surface area contributed by atoms with Crippen molar-refractivity contribution >= 4 is 6.09 Å². The summed E-state index contributed by atoms with van der Waals surface area (Å²) in [5, 5.41) is 0. The standard InChI is InChI=1S/C22H33FN2O3.C2H6/c1-21(2,3)28-20(26)25-13-9-22(10-14-25,18-7-6-8-19(23)17-18)27-16-15-24-11-4-5-12-24;1-2/h6-8,17H,4-5,9-16H2,1-3H3;1-2H3. The van der Waals surface area contributed by atoms with Crippen LogP contribution in [0.4, 0.5) is 9.18 Å². The molecule has 0 unspecified atom stereocenters. The third-order valence-electron chi connectivity index (χ3n) is 5.56. The highest BCUT2D eigenvalue weighted by Gasteiger charge is 2.39. The minimum absolute atomic E-state index is 0.255. The second-order valence-corrected chi connectivity index (χ2v) is 8.87. The van der Waals surface area contributed by atoms with Gasteiger partial charge >= 0.3 is 6.09 Å².